The molecule has 1 unspecified atom stereocenters. The number of hydrogen-bond acceptors (Lipinski definition) is 2. The summed E-state index contributed by atoms with van der Waals surface area (Å²) in [6, 6.07) is 0.676. The predicted molar refractivity (Wildman–Crippen MR) is 79.2 cm³/mol. The molecule has 1 atom stereocenters. The second-order valence-corrected chi connectivity index (χ2v) is 4.91. The fraction of sp³-hybridized carbons (Fsp3) is 0.714. The van der Waals surface area contributed by atoms with Gasteiger partial charge >= 0.3 is 0 Å². The van der Waals surface area contributed by atoms with Gasteiger partial charge in [-0.25, -0.2) is 0 Å². The highest BCUT2D eigenvalue weighted by molar-refractivity contribution is 5.81. The van der Waals surface area contributed by atoms with Gasteiger partial charge in [-0.1, -0.05) is 19.1 Å². The summed E-state index contributed by atoms with van der Waals surface area (Å²) in [4.78, 5) is 15.8. The number of carbonyl (C=O) groups excluding carboxylic acids is 1. The predicted octanol–water partition coefficient (Wildman–Crippen LogP) is 1.17. The molecule has 0 radical (unpaired) electrons. The molecule has 0 spiro atoms. The molecule has 1 aliphatic rings. The SMILES string of the molecule is CCC(C)NC(=O)CCNC(=NC)NC1CC=CC1. The molecule has 3 N–H and O–H groups in total. The van der Waals surface area contributed by atoms with Gasteiger partial charge in [0, 0.05) is 32.1 Å². The number of hydrogen-bond donors (Lipinski definition) is 3. The molecule has 1 rings (SSSR count). The van der Waals surface area contributed by atoms with Crippen molar-refractivity contribution < 1.29 is 4.79 Å². The van der Waals surface area contributed by atoms with Gasteiger partial charge in [-0.05, 0) is 26.2 Å². The van der Waals surface area contributed by atoms with Crippen LogP contribution in [0.15, 0.2) is 17.1 Å². The molecule has 1 amide bonds. The lowest BCUT2D eigenvalue weighted by Gasteiger charge is -2.17. The first-order valence-electron chi connectivity index (χ1n) is 7.07. The standard InChI is InChI=1S/C14H26N4O/c1-4-11(2)17-13(19)9-10-16-14(15-3)18-12-7-5-6-8-12/h5-6,11-12H,4,7-10H2,1-3H3,(H,17,19)(H2,15,16,18). The van der Waals surface area contributed by atoms with Crippen LogP contribution in [0.5, 0.6) is 0 Å². The molecule has 0 aromatic rings. The number of nitrogens with one attached hydrogen (secondary N) is 3. The number of rotatable bonds is 6. The van der Waals surface area contributed by atoms with Gasteiger partial charge in [0.1, 0.15) is 0 Å². The van der Waals surface area contributed by atoms with E-state index in [9.17, 15) is 4.79 Å². The highest BCUT2D eigenvalue weighted by atomic mass is 16.1. The van der Waals surface area contributed by atoms with E-state index in [1.54, 1.807) is 7.05 Å². The monoisotopic (exact) mass is 266 g/mol. The zero-order valence-electron chi connectivity index (χ0n) is 12.2. The van der Waals surface area contributed by atoms with Gasteiger partial charge in [0.2, 0.25) is 5.91 Å². The molecule has 0 aromatic heterocycles. The molecular formula is C14H26N4O. The number of carbonyl (C=O) groups is 1. The summed E-state index contributed by atoms with van der Waals surface area (Å²) in [5.74, 6) is 0.852. The van der Waals surface area contributed by atoms with Crippen LogP contribution in [0.25, 0.3) is 0 Å². The van der Waals surface area contributed by atoms with Crippen molar-refractivity contribution in [3.05, 3.63) is 12.2 Å². The third-order valence-electron chi connectivity index (χ3n) is 3.24. The van der Waals surface area contributed by atoms with Gasteiger partial charge in [0.25, 0.3) is 0 Å². The summed E-state index contributed by atoms with van der Waals surface area (Å²) in [5, 5.41) is 9.45. The van der Waals surface area contributed by atoms with Crippen LogP contribution in [-0.2, 0) is 4.79 Å². The molecule has 5 nitrogen and oxygen atoms in total. The maximum absolute atomic E-state index is 11.6. The number of aliphatic imine (C=N–C) groups is 1. The average Bonchev–Trinajstić information content (AvgIpc) is 2.90. The second kappa shape index (κ2) is 8.56. The summed E-state index contributed by atoms with van der Waals surface area (Å²) in [6.45, 7) is 4.67. The minimum atomic E-state index is 0.0832. The highest BCUT2D eigenvalue weighted by Crippen LogP contribution is 2.08. The lowest BCUT2D eigenvalue weighted by Crippen LogP contribution is -2.44. The van der Waals surface area contributed by atoms with Crippen molar-refractivity contribution in [2.45, 2.75) is 51.6 Å². The molecule has 0 saturated carbocycles. The van der Waals surface area contributed by atoms with Gasteiger partial charge < -0.3 is 16.0 Å². The van der Waals surface area contributed by atoms with E-state index in [1.165, 1.54) is 0 Å². The van der Waals surface area contributed by atoms with Crippen LogP contribution in [0.3, 0.4) is 0 Å². The first kappa shape index (κ1) is 15.5. The third-order valence-corrected chi connectivity index (χ3v) is 3.24. The summed E-state index contributed by atoms with van der Waals surface area (Å²) in [6.07, 6.45) is 7.84. The smallest absolute Gasteiger partial charge is 0.221 e. The van der Waals surface area contributed by atoms with Gasteiger partial charge in [0.15, 0.2) is 5.96 Å². The van der Waals surface area contributed by atoms with E-state index >= 15 is 0 Å². The summed E-state index contributed by atoms with van der Waals surface area (Å²) in [7, 11) is 1.75. The normalized spacial score (nSPS) is 17.3. The fourth-order valence-electron chi connectivity index (χ4n) is 1.87. The van der Waals surface area contributed by atoms with Gasteiger partial charge in [0.05, 0.1) is 0 Å². The molecule has 108 valence electrons. The lowest BCUT2D eigenvalue weighted by molar-refractivity contribution is -0.121. The molecule has 0 aromatic carbocycles. The van der Waals surface area contributed by atoms with Crippen LogP contribution in [0.2, 0.25) is 0 Å². The summed E-state index contributed by atoms with van der Waals surface area (Å²) in [5.41, 5.74) is 0. The molecule has 5 heteroatoms. The molecule has 0 aliphatic heterocycles. The number of amides is 1. The summed E-state index contributed by atoms with van der Waals surface area (Å²) >= 11 is 0. The molecule has 0 saturated heterocycles. The number of nitrogens with zero attached hydrogens (tertiary/aromatic N) is 1. The Morgan fingerprint density at radius 3 is 2.68 bits per heavy atom. The number of guanidine groups is 1. The molecule has 0 fully saturated rings. The molecule has 19 heavy (non-hydrogen) atoms. The van der Waals surface area contributed by atoms with Gasteiger partial charge in [-0.3, -0.25) is 9.79 Å². The van der Waals surface area contributed by atoms with Gasteiger partial charge in [-0.15, -0.1) is 0 Å². The molecule has 0 bridgehead atoms. The van der Waals surface area contributed by atoms with Crippen LogP contribution in [0.4, 0.5) is 0 Å². The van der Waals surface area contributed by atoms with Crippen LogP contribution >= 0.6 is 0 Å². The van der Waals surface area contributed by atoms with E-state index in [0.717, 1.165) is 25.2 Å². The minimum Gasteiger partial charge on any atom is -0.356 e. The average molecular weight is 266 g/mol. The highest BCUT2D eigenvalue weighted by Gasteiger charge is 2.11. The Labute approximate surface area is 115 Å². The maximum atomic E-state index is 11.6. The zero-order valence-corrected chi connectivity index (χ0v) is 12.2. The first-order chi connectivity index (χ1) is 9.15. The van der Waals surface area contributed by atoms with Crippen molar-refractivity contribution in [2.75, 3.05) is 13.6 Å². The first-order valence-corrected chi connectivity index (χ1v) is 7.07. The Kier molecular flexibility index (Phi) is 7.00. The van der Waals surface area contributed by atoms with Crippen molar-refractivity contribution in [2.24, 2.45) is 4.99 Å². The quantitative estimate of drug-likeness (QED) is 0.384. The van der Waals surface area contributed by atoms with Crippen LogP contribution in [-0.4, -0.2) is 37.5 Å². The summed E-state index contributed by atoms with van der Waals surface area (Å²) < 4.78 is 0. The topological polar surface area (TPSA) is 65.5 Å². The maximum Gasteiger partial charge on any atom is 0.221 e. The van der Waals surface area contributed by atoms with Crippen molar-refractivity contribution in [1.82, 2.24) is 16.0 Å². The Balaban J connectivity index is 2.17. The Morgan fingerprint density at radius 2 is 2.11 bits per heavy atom. The van der Waals surface area contributed by atoms with Crippen molar-refractivity contribution >= 4 is 11.9 Å². The Morgan fingerprint density at radius 1 is 1.42 bits per heavy atom. The zero-order chi connectivity index (χ0) is 14.1. The van der Waals surface area contributed by atoms with E-state index in [1.807, 2.05) is 6.92 Å². The molecule has 1 aliphatic carbocycles. The van der Waals surface area contributed by atoms with E-state index in [-0.39, 0.29) is 11.9 Å². The third kappa shape index (κ3) is 6.27. The lowest BCUT2D eigenvalue weighted by atomic mass is 10.2. The molecular weight excluding hydrogens is 240 g/mol. The van der Waals surface area contributed by atoms with Crippen LogP contribution in [0.1, 0.15) is 39.5 Å². The fourth-order valence-corrected chi connectivity index (χ4v) is 1.87. The van der Waals surface area contributed by atoms with E-state index in [0.29, 0.717) is 19.0 Å². The second-order valence-electron chi connectivity index (χ2n) is 4.91. The van der Waals surface area contributed by atoms with Crippen LogP contribution < -0.4 is 16.0 Å². The van der Waals surface area contributed by atoms with Crippen LogP contribution in [0, 0.1) is 0 Å². The van der Waals surface area contributed by atoms with Gasteiger partial charge in [-0.2, -0.15) is 0 Å². The Hall–Kier alpha value is -1.52. The van der Waals surface area contributed by atoms with E-state index in [4.69, 9.17) is 0 Å². The van der Waals surface area contributed by atoms with Crippen molar-refractivity contribution in [3.8, 4) is 0 Å². The van der Waals surface area contributed by atoms with Crippen molar-refractivity contribution in [1.29, 1.82) is 0 Å². The van der Waals surface area contributed by atoms with E-state index in [2.05, 4.69) is 40.0 Å². The molecule has 0 heterocycles. The van der Waals surface area contributed by atoms with E-state index < -0.39 is 0 Å². The minimum absolute atomic E-state index is 0.0832. The van der Waals surface area contributed by atoms with Crippen molar-refractivity contribution in [3.63, 3.8) is 0 Å². The Bertz CT molecular complexity index is 330. The largest absolute Gasteiger partial charge is 0.356 e.